The first-order valence-electron chi connectivity index (χ1n) is 8.54. The summed E-state index contributed by atoms with van der Waals surface area (Å²) in [5.41, 5.74) is 1.67. The minimum absolute atomic E-state index is 0.0591. The maximum atomic E-state index is 12.7. The van der Waals surface area contributed by atoms with E-state index >= 15 is 0 Å². The lowest BCUT2D eigenvalue weighted by molar-refractivity contribution is -0.385. The third-order valence-electron chi connectivity index (χ3n) is 4.17. The number of nitro benzene ring substituents is 1. The molecule has 0 N–H and O–H groups in total. The number of ether oxygens (including phenoxy) is 2. The van der Waals surface area contributed by atoms with Crippen LogP contribution in [0, 0.1) is 10.1 Å². The van der Waals surface area contributed by atoms with Crippen LogP contribution in [0.4, 0.5) is 5.69 Å². The largest absolute Gasteiger partial charge is 0.452 e. The number of para-hydroxylation sites is 1. The van der Waals surface area contributed by atoms with Gasteiger partial charge in [0.15, 0.2) is 0 Å². The summed E-state index contributed by atoms with van der Waals surface area (Å²) in [6.45, 7) is 4.24. The van der Waals surface area contributed by atoms with E-state index in [0.29, 0.717) is 23.3 Å². The average molecular weight is 369 g/mol. The molecule has 7 nitrogen and oxygen atoms in total. The molecule has 1 heterocycles. The van der Waals surface area contributed by atoms with Gasteiger partial charge in [0.2, 0.25) is 5.76 Å². The van der Waals surface area contributed by atoms with Crippen molar-refractivity contribution in [3.05, 3.63) is 75.5 Å². The fourth-order valence-electron chi connectivity index (χ4n) is 2.78. The highest BCUT2D eigenvalue weighted by Gasteiger charge is 2.24. The normalized spacial score (nSPS) is 12.1. The molecular formula is C20H19NO6. The third-order valence-corrected chi connectivity index (χ3v) is 4.17. The van der Waals surface area contributed by atoms with E-state index in [1.54, 1.807) is 25.1 Å². The monoisotopic (exact) mass is 369 g/mol. The Labute approximate surface area is 155 Å². The SMILES string of the molecule is CCOCc1c(C(=O)O[C@@H](C)c2cccc([N+](=O)[O-])c2)oc2ccccc12. The van der Waals surface area contributed by atoms with E-state index in [2.05, 4.69) is 0 Å². The molecule has 0 aliphatic carbocycles. The van der Waals surface area contributed by atoms with Crippen molar-refractivity contribution in [2.75, 3.05) is 6.61 Å². The van der Waals surface area contributed by atoms with Crippen molar-refractivity contribution in [2.45, 2.75) is 26.6 Å². The molecule has 0 bridgehead atoms. The van der Waals surface area contributed by atoms with Crippen LogP contribution in [0.25, 0.3) is 11.0 Å². The van der Waals surface area contributed by atoms with Crippen molar-refractivity contribution in [3.8, 4) is 0 Å². The lowest BCUT2D eigenvalue weighted by atomic mass is 10.1. The second-order valence-corrected chi connectivity index (χ2v) is 5.94. The zero-order chi connectivity index (χ0) is 19.4. The van der Waals surface area contributed by atoms with Crippen molar-refractivity contribution in [1.82, 2.24) is 0 Å². The number of nitro groups is 1. The van der Waals surface area contributed by atoms with Crippen molar-refractivity contribution in [2.24, 2.45) is 0 Å². The number of benzene rings is 2. The highest BCUT2D eigenvalue weighted by molar-refractivity contribution is 5.96. The fourth-order valence-corrected chi connectivity index (χ4v) is 2.78. The first-order chi connectivity index (χ1) is 13.0. The molecular weight excluding hydrogens is 350 g/mol. The van der Waals surface area contributed by atoms with Crippen LogP contribution in [0.3, 0.4) is 0 Å². The molecule has 0 radical (unpaired) electrons. The summed E-state index contributed by atoms with van der Waals surface area (Å²) in [5, 5.41) is 11.7. The Bertz CT molecular complexity index is 978. The van der Waals surface area contributed by atoms with Gasteiger partial charge >= 0.3 is 5.97 Å². The quantitative estimate of drug-likeness (QED) is 0.338. The predicted octanol–water partition coefficient (Wildman–Crippen LogP) is 4.80. The standard InChI is InChI=1S/C20H19NO6/c1-3-25-12-17-16-9-4-5-10-18(16)27-19(17)20(22)26-13(2)14-7-6-8-15(11-14)21(23)24/h4-11,13H,3,12H2,1-2H3/t13-/m0/s1. The molecule has 140 valence electrons. The number of carbonyl (C=O) groups is 1. The number of furan rings is 1. The summed E-state index contributed by atoms with van der Waals surface area (Å²) in [5.74, 6) is -0.554. The Kier molecular flexibility index (Phi) is 5.52. The number of carbonyl (C=O) groups excluding carboxylic acids is 1. The van der Waals surface area contributed by atoms with Gasteiger partial charge in [-0.05, 0) is 25.5 Å². The van der Waals surface area contributed by atoms with Gasteiger partial charge in [-0.15, -0.1) is 0 Å². The molecule has 1 aromatic heterocycles. The van der Waals surface area contributed by atoms with E-state index in [0.717, 1.165) is 5.39 Å². The highest BCUT2D eigenvalue weighted by atomic mass is 16.6. The molecule has 0 spiro atoms. The number of esters is 1. The number of hydrogen-bond acceptors (Lipinski definition) is 6. The van der Waals surface area contributed by atoms with Crippen LogP contribution in [0.5, 0.6) is 0 Å². The van der Waals surface area contributed by atoms with Gasteiger partial charge in [0.1, 0.15) is 11.7 Å². The van der Waals surface area contributed by atoms with E-state index < -0.39 is 17.0 Å². The van der Waals surface area contributed by atoms with Crippen LogP contribution in [0.1, 0.15) is 41.6 Å². The van der Waals surface area contributed by atoms with E-state index in [9.17, 15) is 14.9 Å². The molecule has 0 amide bonds. The Morgan fingerprint density at radius 2 is 2.00 bits per heavy atom. The number of rotatable bonds is 7. The first-order valence-corrected chi connectivity index (χ1v) is 8.54. The van der Waals surface area contributed by atoms with Crippen molar-refractivity contribution in [1.29, 1.82) is 0 Å². The second-order valence-electron chi connectivity index (χ2n) is 5.94. The smallest absolute Gasteiger partial charge is 0.375 e. The van der Waals surface area contributed by atoms with Crippen LogP contribution in [-0.4, -0.2) is 17.5 Å². The van der Waals surface area contributed by atoms with Crippen molar-refractivity contribution < 1.29 is 23.6 Å². The molecule has 1 atom stereocenters. The van der Waals surface area contributed by atoms with Crippen LogP contribution in [0.2, 0.25) is 0 Å². The Morgan fingerprint density at radius 3 is 2.74 bits per heavy atom. The van der Waals surface area contributed by atoms with Crippen molar-refractivity contribution >= 4 is 22.6 Å². The molecule has 3 aromatic rings. The third kappa shape index (κ3) is 3.98. The molecule has 0 aliphatic rings. The molecule has 0 fully saturated rings. The molecule has 2 aromatic carbocycles. The molecule has 27 heavy (non-hydrogen) atoms. The zero-order valence-corrected chi connectivity index (χ0v) is 15.0. The van der Waals surface area contributed by atoms with Crippen molar-refractivity contribution in [3.63, 3.8) is 0 Å². The van der Waals surface area contributed by atoms with Crippen LogP contribution in [0.15, 0.2) is 52.9 Å². The summed E-state index contributed by atoms with van der Waals surface area (Å²) in [7, 11) is 0. The molecule has 0 saturated carbocycles. The van der Waals surface area contributed by atoms with Gasteiger partial charge in [0.25, 0.3) is 5.69 Å². The minimum atomic E-state index is -0.675. The zero-order valence-electron chi connectivity index (χ0n) is 15.0. The van der Waals surface area contributed by atoms with Gasteiger partial charge < -0.3 is 13.9 Å². The summed E-state index contributed by atoms with van der Waals surface area (Å²) in [6, 6.07) is 13.3. The van der Waals surface area contributed by atoms with Gasteiger partial charge in [-0.2, -0.15) is 0 Å². The highest BCUT2D eigenvalue weighted by Crippen LogP contribution is 2.29. The van der Waals surface area contributed by atoms with Gasteiger partial charge in [0.05, 0.1) is 11.5 Å². The summed E-state index contributed by atoms with van der Waals surface area (Å²) in [6.07, 6.45) is -0.675. The van der Waals surface area contributed by atoms with Gasteiger partial charge in [0, 0.05) is 29.7 Å². The number of fused-ring (bicyclic) bond motifs is 1. The number of hydrogen-bond donors (Lipinski definition) is 0. The molecule has 0 unspecified atom stereocenters. The van der Waals surface area contributed by atoms with Crippen LogP contribution >= 0.6 is 0 Å². The van der Waals surface area contributed by atoms with E-state index in [4.69, 9.17) is 13.9 Å². The second kappa shape index (κ2) is 8.01. The topological polar surface area (TPSA) is 91.8 Å². The first kappa shape index (κ1) is 18.6. The summed E-state index contributed by atoms with van der Waals surface area (Å²) < 4.78 is 16.7. The maximum Gasteiger partial charge on any atom is 0.375 e. The minimum Gasteiger partial charge on any atom is -0.452 e. The average Bonchev–Trinajstić information content (AvgIpc) is 3.05. The Hall–Kier alpha value is -3.19. The van der Waals surface area contributed by atoms with Gasteiger partial charge in [-0.3, -0.25) is 10.1 Å². The lowest BCUT2D eigenvalue weighted by Crippen LogP contribution is -2.11. The van der Waals surface area contributed by atoms with Crippen LogP contribution in [-0.2, 0) is 16.1 Å². The summed E-state index contributed by atoms with van der Waals surface area (Å²) in [4.78, 5) is 23.1. The molecule has 0 aliphatic heterocycles. The summed E-state index contributed by atoms with van der Waals surface area (Å²) >= 11 is 0. The van der Waals surface area contributed by atoms with E-state index in [1.165, 1.54) is 12.1 Å². The van der Waals surface area contributed by atoms with Crippen LogP contribution < -0.4 is 0 Å². The van der Waals surface area contributed by atoms with E-state index in [-0.39, 0.29) is 18.1 Å². The molecule has 3 rings (SSSR count). The molecule has 0 saturated heterocycles. The van der Waals surface area contributed by atoms with E-state index in [1.807, 2.05) is 25.1 Å². The fraction of sp³-hybridized carbons (Fsp3) is 0.250. The number of nitrogens with zero attached hydrogens (tertiary/aromatic N) is 1. The van der Waals surface area contributed by atoms with Gasteiger partial charge in [-0.25, -0.2) is 4.79 Å². The number of non-ortho nitro benzene ring substituents is 1. The predicted molar refractivity (Wildman–Crippen MR) is 98.5 cm³/mol. The Morgan fingerprint density at radius 1 is 1.22 bits per heavy atom. The molecule has 7 heteroatoms. The lowest BCUT2D eigenvalue weighted by Gasteiger charge is -2.13. The maximum absolute atomic E-state index is 12.7. The Balaban J connectivity index is 1.87. The van der Waals surface area contributed by atoms with Gasteiger partial charge in [-0.1, -0.05) is 30.3 Å².